The molecule has 0 aromatic rings. The van der Waals surface area contributed by atoms with Gasteiger partial charge in [0.2, 0.25) is 0 Å². The molecule has 1 fully saturated rings. The lowest BCUT2D eigenvalue weighted by Gasteiger charge is -2.24. The van der Waals surface area contributed by atoms with Crippen LogP contribution in [0.2, 0.25) is 0 Å². The van der Waals surface area contributed by atoms with Crippen molar-refractivity contribution in [2.24, 2.45) is 23.5 Å². The van der Waals surface area contributed by atoms with Crippen molar-refractivity contribution < 1.29 is 0 Å². The molecule has 0 aromatic heterocycles. The second-order valence-corrected chi connectivity index (χ2v) is 6.06. The highest BCUT2D eigenvalue weighted by atomic mass is 15.1. The molecule has 0 bridgehead atoms. The van der Waals surface area contributed by atoms with Crippen LogP contribution in [0, 0.1) is 17.8 Å². The molecule has 0 aliphatic heterocycles. The Kier molecular flexibility index (Phi) is 7.14. The molecular weight excluding hydrogens is 208 g/mol. The monoisotopic (exact) mass is 240 g/mol. The predicted molar refractivity (Wildman–Crippen MR) is 76.1 cm³/mol. The number of hydrogen-bond acceptors (Lipinski definition) is 2. The molecule has 0 spiro atoms. The maximum atomic E-state index is 5.69. The van der Waals surface area contributed by atoms with E-state index >= 15 is 0 Å². The molecule has 0 amide bonds. The highest BCUT2D eigenvalue weighted by Crippen LogP contribution is 2.30. The van der Waals surface area contributed by atoms with E-state index in [1.54, 1.807) is 0 Å². The third-order valence-corrected chi connectivity index (χ3v) is 4.19. The van der Waals surface area contributed by atoms with E-state index in [1.807, 2.05) is 0 Å². The summed E-state index contributed by atoms with van der Waals surface area (Å²) in [4.78, 5) is 2.64. The lowest BCUT2D eigenvalue weighted by Crippen LogP contribution is -2.27. The van der Waals surface area contributed by atoms with Gasteiger partial charge in [-0.2, -0.15) is 0 Å². The fourth-order valence-corrected chi connectivity index (χ4v) is 2.65. The van der Waals surface area contributed by atoms with E-state index < -0.39 is 0 Å². The molecular formula is C15H32N2. The zero-order valence-corrected chi connectivity index (χ0v) is 12.1. The van der Waals surface area contributed by atoms with E-state index in [2.05, 4.69) is 25.7 Å². The van der Waals surface area contributed by atoms with Gasteiger partial charge < -0.3 is 10.6 Å². The second-order valence-electron chi connectivity index (χ2n) is 6.06. The van der Waals surface area contributed by atoms with E-state index in [1.165, 1.54) is 51.7 Å². The van der Waals surface area contributed by atoms with Crippen molar-refractivity contribution in [3.63, 3.8) is 0 Å². The molecule has 1 atom stereocenters. The quantitative estimate of drug-likeness (QED) is 0.636. The summed E-state index contributed by atoms with van der Waals surface area (Å²) in [5.74, 6) is 2.65. The molecule has 0 radical (unpaired) electrons. The Morgan fingerprint density at radius 3 is 2.41 bits per heavy atom. The Hall–Kier alpha value is -0.0800. The minimum absolute atomic E-state index is 0.789. The molecule has 17 heavy (non-hydrogen) atoms. The maximum Gasteiger partial charge on any atom is 0.000954 e. The van der Waals surface area contributed by atoms with Crippen LogP contribution in [-0.2, 0) is 0 Å². The van der Waals surface area contributed by atoms with Crippen LogP contribution in [0.25, 0.3) is 0 Å². The fourth-order valence-electron chi connectivity index (χ4n) is 2.65. The van der Waals surface area contributed by atoms with Crippen molar-refractivity contribution in [3.05, 3.63) is 0 Å². The number of nitrogens with zero attached hydrogens (tertiary/aromatic N) is 1. The van der Waals surface area contributed by atoms with Crippen molar-refractivity contribution in [2.45, 2.75) is 52.9 Å². The van der Waals surface area contributed by atoms with E-state index in [-0.39, 0.29) is 0 Å². The van der Waals surface area contributed by atoms with E-state index in [0.29, 0.717) is 0 Å². The summed E-state index contributed by atoms with van der Waals surface area (Å²) in [6.07, 6.45) is 6.85. The zero-order valence-electron chi connectivity index (χ0n) is 12.1. The third-order valence-electron chi connectivity index (χ3n) is 4.19. The van der Waals surface area contributed by atoms with Gasteiger partial charge >= 0.3 is 0 Å². The number of rotatable bonds is 10. The van der Waals surface area contributed by atoms with Gasteiger partial charge in [-0.15, -0.1) is 0 Å². The summed E-state index contributed by atoms with van der Waals surface area (Å²) in [6, 6.07) is 0. The fraction of sp³-hybridized carbons (Fsp3) is 1.00. The van der Waals surface area contributed by atoms with Crippen molar-refractivity contribution in [1.29, 1.82) is 0 Å². The van der Waals surface area contributed by atoms with Crippen LogP contribution in [-0.4, -0.2) is 31.1 Å². The predicted octanol–water partition coefficient (Wildman–Crippen LogP) is 3.12. The Balaban J connectivity index is 2.13. The first-order valence-electron chi connectivity index (χ1n) is 7.59. The van der Waals surface area contributed by atoms with Crippen molar-refractivity contribution >= 4 is 0 Å². The highest BCUT2D eigenvalue weighted by Gasteiger charge is 2.23. The zero-order chi connectivity index (χ0) is 12.7. The lowest BCUT2D eigenvalue weighted by molar-refractivity contribution is 0.249. The summed E-state index contributed by atoms with van der Waals surface area (Å²) in [6.45, 7) is 11.7. The second kappa shape index (κ2) is 8.10. The van der Waals surface area contributed by atoms with Crippen molar-refractivity contribution in [1.82, 2.24) is 4.90 Å². The lowest BCUT2D eigenvalue weighted by atomic mass is 9.88. The van der Waals surface area contributed by atoms with Gasteiger partial charge in [0.05, 0.1) is 0 Å². The van der Waals surface area contributed by atoms with Gasteiger partial charge in [0, 0.05) is 6.54 Å². The van der Waals surface area contributed by atoms with E-state index in [0.717, 1.165) is 24.3 Å². The van der Waals surface area contributed by atoms with Crippen LogP contribution in [0.1, 0.15) is 52.9 Å². The van der Waals surface area contributed by atoms with Gasteiger partial charge in [-0.3, -0.25) is 0 Å². The summed E-state index contributed by atoms with van der Waals surface area (Å²) in [5.41, 5.74) is 5.69. The summed E-state index contributed by atoms with van der Waals surface area (Å²) < 4.78 is 0. The Morgan fingerprint density at radius 1 is 1.24 bits per heavy atom. The minimum Gasteiger partial charge on any atom is -0.330 e. The van der Waals surface area contributed by atoms with E-state index in [4.69, 9.17) is 5.73 Å². The molecule has 0 aromatic carbocycles. The molecule has 102 valence electrons. The SMILES string of the molecule is CCN(CCCC(CCN)C(C)C)CC1CC1. The van der Waals surface area contributed by atoms with Crippen molar-refractivity contribution in [2.75, 3.05) is 26.2 Å². The molecule has 1 saturated carbocycles. The Morgan fingerprint density at radius 2 is 1.94 bits per heavy atom. The average Bonchev–Trinajstić information content (AvgIpc) is 3.10. The molecule has 2 heteroatoms. The Bertz CT molecular complexity index is 187. The first kappa shape index (κ1) is 15.0. The molecule has 1 aliphatic carbocycles. The smallest absolute Gasteiger partial charge is 0.000954 e. The standard InChI is InChI=1S/C15H32N2/c1-4-17(12-14-7-8-14)11-5-6-15(9-10-16)13(2)3/h13-15H,4-12,16H2,1-3H3. The number of nitrogens with two attached hydrogens (primary N) is 1. The minimum atomic E-state index is 0.789. The molecule has 1 unspecified atom stereocenters. The van der Waals surface area contributed by atoms with Crippen molar-refractivity contribution in [3.8, 4) is 0 Å². The maximum absolute atomic E-state index is 5.69. The van der Waals surface area contributed by atoms with Gasteiger partial charge in [0.25, 0.3) is 0 Å². The van der Waals surface area contributed by atoms with Gasteiger partial charge in [-0.1, -0.05) is 20.8 Å². The van der Waals surface area contributed by atoms with E-state index in [9.17, 15) is 0 Å². The molecule has 1 rings (SSSR count). The first-order chi connectivity index (χ1) is 8.17. The normalized spacial score (nSPS) is 18.0. The van der Waals surface area contributed by atoms with Crippen LogP contribution in [0.4, 0.5) is 0 Å². The summed E-state index contributed by atoms with van der Waals surface area (Å²) >= 11 is 0. The number of hydrogen-bond donors (Lipinski definition) is 1. The van der Waals surface area contributed by atoms with Gasteiger partial charge in [0.15, 0.2) is 0 Å². The van der Waals surface area contributed by atoms with Gasteiger partial charge in [-0.25, -0.2) is 0 Å². The molecule has 2 N–H and O–H groups in total. The topological polar surface area (TPSA) is 29.3 Å². The molecule has 2 nitrogen and oxygen atoms in total. The molecule has 0 saturated heterocycles. The molecule has 1 aliphatic rings. The summed E-state index contributed by atoms with van der Waals surface area (Å²) in [5, 5.41) is 0. The van der Waals surface area contributed by atoms with Crippen LogP contribution < -0.4 is 5.73 Å². The van der Waals surface area contributed by atoms with Crippen LogP contribution in [0.15, 0.2) is 0 Å². The highest BCUT2D eigenvalue weighted by molar-refractivity contribution is 4.77. The third kappa shape index (κ3) is 6.42. The van der Waals surface area contributed by atoms with Gasteiger partial charge in [0.1, 0.15) is 0 Å². The van der Waals surface area contributed by atoms with Crippen LogP contribution >= 0.6 is 0 Å². The van der Waals surface area contributed by atoms with Gasteiger partial charge in [-0.05, 0) is 69.5 Å². The van der Waals surface area contributed by atoms with Crippen LogP contribution in [0.5, 0.6) is 0 Å². The molecule has 0 heterocycles. The average molecular weight is 240 g/mol. The largest absolute Gasteiger partial charge is 0.330 e. The van der Waals surface area contributed by atoms with Crippen LogP contribution in [0.3, 0.4) is 0 Å². The summed E-state index contributed by atoms with van der Waals surface area (Å²) in [7, 11) is 0. The first-order valence-corrected chi connectivity index (χ1v) is 7.59. The Labute approximate surface area is 108 Å².